The van der Waals surface area contributed by atoms with Gasteiger partial charge in [-0.05, 0) is 73.9 Å². The smallest absolute Gasteiger partial charge is 0.435 e. The fourth-order valence-electron chi connectivity index (χ4n) is 6.85. The molecule has 2 unspecified atom stereocenters. The average molecular weight is 658 g/mol. The predicted octanol–water partition coefficient (Wildman–Crippen LogP) is 5.92. The van der Waals surface area contributed by atoms with Crippen molar-refractivity contribution in [2.24, 2.45) is 5.92 Å². The van der Waals surface area contributed by atoms with Crippen LogP contribution in [0.1, 0.15) is 48.8 Å². The van der Waals surface area contributed by atoms with E-state index in [-0.39, 0.29) is 37.1 Å². The molecule has 0 aromatic heterocycles. The molecule has 2 aliphatic carbocycles. The molecule has 16 heteroatoms. The van der Waals surface area contributed by atoms with Gasteiger partial charge in [0.25, 0.3) is 5.91 Å². The van der Waals surface area contributed by atoms with Gasteiger partial charge >= 0.3 is 24.0 Å². The van der Waals surface area contributed by atoms with E-state index in [2.05, 4.69) is 0 Å². The number of benzene rings is 2. The fraction of sp³-hybridized carbons (Fsp3) is 0.500. The number of carboxylic acid groups (broad SMARTS) is 1. The third-order valence-electron chi connectivity index (χ3n) is 9.17. The molecule has 2 aromatic carbocycles. The summed E-state index contributed by atoms with van der Waals surface area (Å²) in [6.45, 7) is -0.378. The van der Waals surface area contributed by atoms with Crippen molar-refractivity contribution >= 4 is 21.7 Å². The van der Waals surface area contributed by atoms with Crippen LogP contribution in [-0.2, 0) is 36.3 Å². The number of carboxylic acids is 1. The van der Waals surface area contributed by atoms with E-state index in [0.717, 1.165) is 29.2 Å². The number of likely N-dealkylation sites (tertiary alicyclic amines) is 1. The first kappa shape index (κ1) is 32.1. The number of hydrogen-bond acceptors (Lipinski definition) is 4. The van der Waals surface area contributed by atoms with E-state index in [1.54, 1.807) is 0 Å². The molecule has 1 saturated carbocycles. The van der Waals surface area contributed by atoms with E-state index in [1.807, 2.05) is 0 Å². The van der Waals surface area contributed by atoms with Crippen molar-refractivity contribution in [1.29, 1.82) is 0 Å². The number of amides is 1. The molecule has 2 aromatic rings. The maximum Gasteiger partial charge on any atom is 0.435 e. The first-order chi connectivity index (χ1) is 20.2. The van der Waals surface area contributed by atoms with E-state index in [0.29, 0.717) is 6.07 Å². The minimum absolute atomic E-state index is 0.193. The molecule has 1 heterocycles. The summed E-state index contributed by atoms with van der Waals surface area (Å²) in [5.74, 6) is -4.11. The summed E-state index contributed by atoms with van der Waals surface area (Å²) in [5, 5.41) is 9.24. The van der Waals surface area contributed by atoms with Crippen molar-refractivity contribution in [1.82, 2.24) is 4.90 Å². The third-order valence-corrected chi connectivity index (χ3v) is 11.7. The van der Waals surface area contributed by atoms with Crippen molar-refractivity contribution in [3.8, 4) is 0 Å². The molecular weight excluding hydrogens is 633 g/mol. The minimum atomic E-state index is -6.44. The minimum Gasteiger partial charge on any atom is -0.481 e. The molecule has 1 N–H and O–H groups in total. The lowest BCUT2D eigenvalue weighted by atomic mass is 9.79. The molecule has 240 valence electrons. The Balaban J connectivity index is 1.64. The predicted molar refractivity (Wildman–Crippen MR) is 134 cm³/mol. The number of alkyl halides is 8. The van der Waals surface area contributed by atoms with Gasteiger partial charge in [0.1, 0.15) is 10.6 Å². The quantitative estimate of drug-likeness (QED) is 0.319. The first-order valence-corrected chi connectivity index (χ1v) is 14.9. The maximum absolute atomic E-state index is 16.0. The number of rotatable bonds is 5. The van der Waals surface area contributed by atoms with Crippen LogP contribution in [0.4, 0.5) is 39.5 Å². The highest BCUT2D eigenvalue weighted by molar-refractivity contribution is 7.92. The van der Waals surface area contributed by atoms with Gasteiger partial charge in [-0.1, -0.05) is 18.2 Å². The summed E-state index contributed by atoms with van der Waals surface area (Å²) in [7, 11) is -4.71. The Morgan fingerprint density at radius 3 is 1.98 bits per heavy atom. The average Bonchev–Trinajstić information content (AvgIpc) is 3.47. The summed E-state index contributed by atoms with van der Waals surface area (Å²) in [6.07, 6.45) is -15.4. The van der Waals surface area contributed by atoms with Gasteiger partial charge in [0, 0.05) is 12.1 Å². The Labute approximate surface area is 244 Å². The number of sulfone groups is 1. The Morgan fingerprint density at radius 1 is 0.886 bits per heavy atom. The van der Waals surface area contributed by atoms with Crippen LogP contribution < -0.4 is 0 Å². The molecule has 1 saturated heterocycles. The summed E-state index contributed by atoms with van der Waals surface area (Å²) in [5.41, 5.74) is -11.0. The number of halogens is 9. The van der Waals surface area contributed by atoms with Crippen LogP contribution in [0, 0.1) is 11.7 Å². The lowest BCUT2D eigenvalue weighted by molar-refractivity contribution is -0.348. The first-order valence-electron chi connectivity index (χ1n) is 13.4. The molecular formula is C28H24F9NO5S. The second-order valence-corrected chi connectivity index (χ2v) is 13.6. The standard InChI is InChI=1S/C28H24F9NO5S/c29-18-2-4-19(5-3-18)44(42,43)25-11-12-38(23(41)24(30)9-7-15(8-10-24)22(39)40)21(25)14-16-13-17(1-6-20(16)25)26(31,27(32,33)34)28(35,36)37/h1-6,13,15,21H,7-12,14H2,(H,39,40)/t15-,21?,24+,25?. The van der Waals surface area contributed by atoms with Crippen LogP contribution in [0.5, 0.6) is 0 Å². The van der Waals surface area contributed by atoms with Crippen LogP contribution in [-0.4, -0.2) is 60.9 Å². The molecule has 6 nitrogen and oxygen atoms in total. The van der Waals surface area contributed by atoms with Crippen LogP contribution in [0.2, 0.25) is 0 Å². The SMILES string of the molecule is O=C(O)[C@H]1CC[C@](F)(C(=O)N2CCC3(S(=O)(=O)c4ccc(F)cc4)c4ccc(C(F)(C(F)(F)F)C(F)(F)F)cc4CC23)CC1. The lowest BCUT2D eigenvalue weighted by Gasteiger charge is -2.38. The zero-order chi connectivity index (χ0) is 32.7. The highest BCUT2D eigenvalue weighted by Crippen LogP contribution is 2.58. The van der Waals surface area contributed by atoms with E-state index in [1.165, 1.54) is 0 Å². The van der Waals surface area contributed by atoms with E-state index < -0.39 is 110 Å². The topological polar surface area (TPSA) is 91.8 Å². The Bertz CT molecular complexity index is 1580. The zero-order valence-corrected chi connectivity index (χ0v) is 23.3. The van der Waals surface area contributed by atoms with Gasteiger partial charge < -0.3 is 10.0 Å². The molecule has 2 atom stereocenters. The summed E-state index contributed by atoms with van der Waals surface area (Å²) in [6, 6.07) is 3.00. The number of hydrogen-bond donors (Lipinski definition) is 1. The molecule has 3 aliphatic rings. The van der Waals surface area contributed by atoms with Crippen molar-refractivity contribution in [2.45, 2.75) is 77.9 Å². The van der Waals surface area contributed by atoms with Gasteiger partial charge in [-0.2, -0.15) is 26.3 Å². The number of carbonyl (C=O) groups excluding carboxylic acids is 1. The number of fused-ring (bicyclic) bond motifs is 3. The van der Waals surface area contributed by atoms with E-state index in [4.69, 9.17) is 0 Å². The molecule has 0 radical (unpaired) electrons. The second-order valence-electron chi connectivity index (χ2n) is 11.4. The van der Waals surface area contributed by atoms with Crippen molar-refractivity contribution in [3.63, 3.8) is 0 Å². The normalized spacial score (nSPS) is 27.6. The van der Waals surface area contributed by atoms with Gasteiger partial charge in [-0.25, -0.2) is 21.6 Å². The van der Waals surface area contributed by atoms with Gasteiger partial charge in [0.2, 0.25) is 0 Å². The summed E-state index contributed by atoms with van der Waals surface area (Å²) < 4.78 is 152. The van der Waals surface area contributed by atoms with Crippen LogP contribution in [0.25, 0.3) is 0 Å². The molecule has 2 fully saturated rings. The maximum atomic E-state index is 16.0. The van der Waals surface area contributed by atoms with Gasteiger partial charge in [0.05, 0.1) is 16.9 Å². The molecule has 1 aliphatic heterocycles. The molecule has 1 amide bonds. The van der Waals surface area contributed by atoms with Crippen molar-refractivity contribution < 1.29 is 62.6 Å². The van der Waals surface area contributed by atoms with Gasteiger partial charge in [-0.3, -0.25) is 9.59 Å². The van der Waals surface area contributed by atoms with Gasteiger partial charge in [0.15, 0.2) is 15.5 Å². The Morgan fingerprint density at radius 2 is 1.45 bits per heavy atom. The van der Waals surface area contributed by atoms with Crippen LogP contribution in [0.15, 0.2) is 47.4 Å². The van der Waals surface area contributed by atoms with Crippen molar-refractivity contribution in [2.75, 3.05) is 6.54 Å². The van der Waals surface area contributed by atoms with E-state index in [9.17, 15) is 58.2 Å². The highest BCUT2D eigenvalue weighted by atomic mass is 32.2. The van der Waals surface area contributed by atoms with Gasteiger partial charge in [-0.15, -0.1) is 0 Å². The fourth-order valence-corrected chi connectivity index (χ4v) is 9.19. The molecule has 0 spiro atoms. The Hall–Kier alpha value is -3.30. The summed E-state index contributed by atoms with van der Waals surface area (Å²) in [4.78, 5) is 25.4. The molecule has 44 heavy (non-hydrogen) atoms. The molecule has 5 rings (SSSR count). The van der Waals surface area contributed by atoms with E-state index >= 15 is 4.39 Å². The zero-order valence-electron chi connectivity index (χ0n) is 22.5. The summed E-state index contributed by atoms with van der Waals surface area (Å²) >= 11 is 0. The monoisotopic (exact) mass is 657 g/mol. The highest BCUT2D eigenvalue weighted by Gasteiger charge is 2.74. The number of carbonyl (C=O) groups is 2. The Kier molecular flexibility index (Phi) is 7.37. The number of aliphatic carboxylic acids is 1. The van der Waals surface area contributed by atoms with Crippen LogP contribution in [0.3, 0.4) is 0 Å². The lowest BCUT2D eigenvalue weighted by Crippen LogP contribution is -2.53. The largest absolute Gasteiger partial charge is 0.481 e. The van der Waals surface area contributed by atoms with Crippen molar-refractivity contribution in [3.05, 3.63) is 65.0 Å². The second kappa shape index (κ2) is 10.1. The van der Waals surface area contributed by atoms with Crippen LogP contribution >= 0.6 is 0 Å². The number of nitrogens with zero attached hydrogens (tertiary/aromatic N) is 1. The third kappa shape index (κ3) is 4.49. The molecule has 0 bridgehead atoms.